The van der Waals surface area contributed by atoms with Gasteiger partial charge in [-0.05, 0) is 6.92 Å². The maximum Gasteiger partial charge on any atom is 0.0806 e. The van der Waals surface area contributed by atoms with Gasteiger partial charge in [-0.15, -0.1) is 0 Å². The molecule has 3 N–H and O–H groups in total. The summed E-state index contributed by atoms with van der Waals surface area (Å²) in [6.07, 6.45) is 0. The molecule has 0 saturated carbocycles. The lowest BCUT2D eigenvalue weighted by Crippen LogP contribution is -2.06. The molecule has 3 nitrogen and oxygen atoms in total. The van der Waals surface area contributed by atoms with E-state index in [0.717, 1.165) is 5.71 Å². The second-order valence-electron chi connectivity index (χ2n) is 1.56. The molecule has 0 spiro atoms. The third-order valence-corrected chi connectivity index (χ3v) is 0.740. The third-order valence-electron chi connectivity index (χ3n) is 0.740. The molecule has 0 aliphatic heterocycles. The summed E-state index contributed by atoms with van der Waals surface area (Å²) in [7, 11) is 0. The normalized spacial score (nSPS) is 12.1. The maximum absolute atomic E-state index is 8.39. The summed E-state index contributed by atoms with van der Waals surface area (Å²) in [6.45, 7) is 2.99. The van der Waals surface area contributed by atoms with E-state index in [-0.39, 0.29) is 6.61 Å². The van der Waals surface area contributed by atoms with Gasteiger partial charge >= 0.3 is 0 Å². The van der Waals surface area contributed by atoms with E-state index in [4.69, 9.17) is 10.8 Å². The summed E-state index contributed by atoms with van der Waals surface area (Å²) >= 11 is 0. The van der Waals surface area contributed by atoms with Crippen molar-refractivity contribution < 1.29 is 5.11 Å². The first-order chi connectivity index (χ1) is 3.81. The van der Waals surface area contributed by atoms with Crippen LogP contribution in [0.3, 0.4) is 0 Å². The van der Waals surface area contributed by atoms with Gasteiger partial charge in [0.1, 0.15) is 0 Å². The highest BCUT2D eigenvalue weighted by atomic mass is 16.3. The molecule has 0 aliphatic rings. The van der Waals surface area contributed by atoms with E-state index >= 15 is 0 Å². The fourth-order valence-corrected chi connectivity index (χ4v) is 0.305. The number of hydrogen-bond donors (Lipinski definition) is 2. The molecule has 0 heterocycles. The number of nitrogens with zero attached hydrogens (tertiary/aromatic N) is 1. The van der Waals surface area contributed by atoms with Gasteiger partial charge < -0.3 is 10.8 Å². The summed E-state index contributed by atoms with van der Waals surface area (Å²) in [4.78, 5) is 3.90. The summed E-state index contributed by atoms with van der Waals surface area (Å²) in [5.74, 6) is 0. The monoisotopic (exact) mass is 116 g/mol. The predicted molar refractivity (Wildman–Crippen MR) is 34.1 cm³/mol. The van der Waals surface area contributed by atoms with Gasteiger partial charge in [0.15, 0.2) is 0 Å². The van der Waals surface area contributed by atoms with Crippen molar-refractivity contribution in [3.8, 4) is 0 Å². The Kier molecular flexibility index (Phi) is 4.50. The lowest BCUT2D eigenvalue weighted by Gasteiger charge is -1.90. The molecule has 0 radical (unpaired) electrons. The highest BCUT2D eigenvalue weighted by molar-refractivity contribution is 5.82. The van der Waals surface area contributed by atoms with Crippen LogP contribution in [-0.4, -0.2) is 30.5 Å². The van der Waals surface area contributed by atoms with E-state index in [2.05, 4.69) is 4.99 Å². The Bertz CT molecular complexity index is 80.5. The molecule has 3 heteroatoms. The molecule has 0 aromatic rings. The van der Waals surface area contributed by atoms with Crippen molar-refractivity contribution in [3.63, 3.8) is 0 Å². The molecule has 0 rings (SSSR count). The first-order valence-electron chi connectivity index (χ1n) is 2.62. The van der Waals surface area contributed by atoms with E-state index < -0.39 is 0 Å². The minimum absolute atomic E-state index is 0.0417. The molecule has 0 saturated heterocycles. The first kappa shape index (κ1) is 7.59. The Balaban J connectivity index is 3.26. The van der Waals surface area contributed by atoms with Gasteiger partial charge in [0, 0.05) is 12.3 Å². The van der Waals surface area contributed by atoms with Crippen LogP contribution in [0, 0.1) is 0 Å². The van der Waals surface area contributed by atoms with Crippen LogP contribution in [0.25, 0.3) is 0 Å². The molecule has 0 aromatic carbocycles. The Labute approximate surface area is 49.2 Å². The molecule has 0 atom stereocenters. The highest BCUT2D eigenvalue weighted by Gasteiger charge is 1.82. The van der Waals surface area contributed by atoms with Gasteiger partial charge in [-0.2, -0.15) is 0 Å². The Morgan fingerprint density at radius 2 is 2.38 bits per heavy atom. The molecule has 0 aromatic heterocycles. The van der Waals surface area contributed by atoms with Crippen molar-refractivity contribution in [2.45, 2.75) is 6.92 Å². The van der Waals surface area contributed by atoms with Crippen molar-refractivity contribution in [2.24, 2.45) is 10.7 Å². The largest absolute Gasteiger partial charge is 0.390 e. The maximum atomic E-state index is 8.39. The van der Waals surface area contributed by atoms with E-state index in [1.807, 2.05) is 0 Å². The second kappa shape index (κ2) is 4.74. The standard InChI is InChI=1S/C5H12N2O/c1-5(4-8)7-3-2-6/h8H,2-4,6H2,1H3. The average molecular weight is 116 g/mol. The Morgan fingerprint density at radius 3 is 2.75 bits per heavy atom. The lowest BCUT2D eigenvalue weighted by molar-refractivity contribution is 0.356. The molecular formula is C5H12N2O. The SMILES string of the molecule is CC(CO)=NCCN. The van der Waals surface area contributed by atoms with Crippen LogP contribution in [0.1, 0.15) is 6.92 Å². The zero-order valence-electron chi connectivity index (χ0n) is 5.09. The van der Waals surface area contributed by atoms with Crippen LogP contribution >= 0.6 is 0 Å². The molecule has 48 valence electrons. The first-order valence-corrected chi connectivity index (χ1v) is 2.62. The number of aliphatic imine (C=N–C) groups is 1. The van der Waals surface area contributed by atoms with Crippen molar-refractivity contribution in [3.05, 3.63) is 0 Å². The van der Waals surface area contributed by atoms with Crippen LogP contribution < -0.4 is 5.73 Å². The topological polar surface area (TPSA) is 58.6 Å². The van der Waals surface area contributed by atoms with Gasteiger partial charge in [0.25, 0.3) is 0 Å². The predicted octanol–water partition coefficient (Wildman–Crippen LogP) is -0.602. The smallest absolute Gasteiger partial charge is 0.0806 e. The zero-order chi connectivity index (χ0) is 6.41. The highest BCUT2D eigenvalue weighted by Crippen LogP contribution is 1.72. The number of aliphatic hydroxyl groups excluding tert-OH is 1. The second-order valence-corrected chi connectivity index (χ2v) is 1.56. The number of hydrogen-bond acceptors (Lipinski definition) is 3. The fraction of sp³-hybridized carbons (Fsp3) is 0.800. The number of rotatable bonds is 3. The molecular weight excluding hydrogens is 104 g/mol. The van der Waals surface area contributed by atoms with Crippen molar-refractivity contribution in [2.75, 3.05) is 19.7 Å². The summed E-state index contributed by atoms with van der Waals surface area (Å²) in [5.41, 5.74) is 5.89. The van der Waals surface area contributed by atoms with E-state index in [1.54, 1.807) is 6.92 Å². The van der Waals surface area contributed by atoms with Gasteiger partial charge in [-0.3, -0.25) is 4.99 Å². The minimum atomic E-state index is 0.0417. The minimum Gasteiger partial charge on any atom is -0.390 e. The summed E-state index contributed by atoms with van der Waals surface area (Å²) in [6, 6.07) is 0. The zero-order valence-corrected chi connectivity index (χ0v) is 5.09. The molecule has 0 amide bonds. The molecule has 0 fully saturated rings. The third kappa shape index (κ3) is 3.77. The van der Waals surface area contributed by atoms with Crippen LogP contribution in [0.15, 0.2) is 4.99 Å². The van der Waals surface area contributed by atoms with Crippen molar-refractivity contribution in [1.82, 2.24) is 0 Å². The number of aliphatic hydroxyl groups is 1. The average Bonchev–Trinajstić information content (AvgIpc) is 1.83. The number of nitrogens with two attached hydrogens (primary N) is 1. The van der Waals surface area contributed by atoms with Crippen molar-refractivity contribution >= 4 is 5.71 Å². The molecule has 0 unspecified atom stereocenters. The van der Waals surface area contributed by atoms with Crippen molar-refractivity contribution in [1.29, 1.82) is 0 Å². The molecule has 0 bridgehead atoms. The van der Waals surface area contributed by atoms with Gasteiger partial charge in [0.05, 0.1) is 13.2 Å². The van der Waals surface area contributed by atoms with Crippen LogP contribution in [-0.2, 0) is 0 Å². The van der Waals surface area contributed by atoms with E-state index in [9.17, 15) is 0 Å². The summed E-state index contributed by atoms with van der Waals surface area (Å²) < 4.78 is 0. The van der Waals surface area contributed by atoms with Crippen LogP contribution in [0.4, 0.5) is 0 Å². The van der Waals surface area contributed by atoms with Gasteiger partial charge in [-0.25, -0.2) is 0 Å². The summed E-state index contributed by atoms with van der Waals surface area (Å²) in [5, 5.41) is 8.39. The van der Waals surface area contributed by atoms with Gasteiger partial charge in [0.2, 0.25) is 0 Å². The lowest BCUT2D eigenvalue weighted by atomic mass is 10.4. The van der Waals surface area contributed by atoms with E-state index in [0.29, 0.717) is 13.1 Å². The molecule has 8 heavy (non-hydrogen) atoms. The van der Waals surface area contributed by atoms with Gasteiger partial charge in [-0.1, -0.05) is 0 Å². The van der Waals surface area contributed by atoms with Crippen LogP contribution in [0.2, 0.25) is 0 Å². The quantitative estimate of drug-likeness (QED) is 0.484. The Morgan fingerprint density at radius 1 is 1.75 bits per heavy atom. The fourth-order valence-electron chi connectivity index (χ4n) is 0.305. The Hall–Kier alpha value is -0.410. The van der Waals surface area contributed by atoms with E-state index in [1.165, 1.54) is 0 Å². The van der Waals surface area contributed by atoms with Crippen LogP contribution in [0.5, 0.6) is 0 Å². The molecule has 0 aliphatic carbocycles.